The number of fused-ring (bicyclic) bond motifs is 1. The van der Waals surface area contributed by atoms with E-state index in [4.69, 9.17) is 4.42 Å². The number of benzene rings is 1. The quantitative estimate of drug-likeness (QED) is 0.699. The van der Waals surface area contributed by atoms with Crippen LogP contribution >= 0.6 is 0 Å². The first-order valence-electron chi connectivity index (χ1n) is 4.51. The maximum absolute atomic E-state index is 12.2. The van der Waals surface area contributed by atoms with Crippen LogP contribution in [0.25, 0.3) is 11.0 Å². The zero-order chi connectivity index (χ0) is 11.9. The molecule has 5 heteroatoms. The summed E-state index contributed by atoms with van der Waals surface area (Å²) in [6, 6.07) is 6.44. The highest BCUT2D eigenvalue weighted by Gasteiger charge is 2.42. The molecule has 2 nitrogen and oxygen atoms in total. The van der Waals surface area contributed by atoms with Crippen molar-refractivity contribution in [1.82, 2.24) is 0 Å². The minimum atomic E-state index is -4.90. The van der Waals surface area contributed by atoms with Crippen molar-refractivity contribution in [3.63, 3.8) is 0 Å². The fourth-order valence-corrected chi connectivity index (χ4v) is 1.52. The number of rotatable bonds is 1. The fourth-order valence-electron chi connectivity index (χ4n) is 1.52. The van der Waals surface area contributed by atoms with E-state index in [1.165, 1.54) is 13.0 Å². The first-order chi connectivity index (χ1) is 7.41. The lowest BCUT2D eigenvalue weighted by atomic mass is 10.1. The van der Waals surface area contributed by atoms with Gasteiger partial charge in [0.15, 0.2) is 5.76 Å². The van der Waals surface area contributed by atoms with E-state index in [1.54, 1.807) is 18.2 Å². The van der Waals surface area contributed by atoms with Gasteiger partial charge in [-0.3, -0.25) is 4.79 Å². The number of ketones is 1. The van der Waals surface area contributed by atoms with Gasteiger partial charge in [0.05, 0.1) is 0 Å². The molecular weight excluding hydrogens is 221 g/mol. The molecule has 1 aromatic heterocycles. The van der Waals surface area contributed by atoms with Crippen LogP contribution in [0.2, 0.25) is 0 Å². The lowest BCUT2D eigenvalue weighted by Crippen LogP contribution is -2.22. The summed E-state index contributed by atoms with van der Waals surface area (Å²) in [6.45, 7) is 1.44. The van der Waals surface area contributed by atoms with Crippen molar-refractivity contribution in [2.45, 2.75) is 13.1 Å². The lowest BCUT2D eigenvalue weighted by molar-refractivity contribution is -0.0899. The van der Waals surface area contributed by atoms with Gasteiger partial charge in [-0.05, 0) is 13.0 Å². The van der Waals surface area contributed by atoms with Crippen LogP contribution in [0.5, 0.6) is 0 Å². The molecule has 16 heavy (non-hydrogen) atoms. The maximum Gasteiger partial charge on any atom is 0.458 e. The fraction of sp³-hybridized carbons (Fsp3) is 0.182. The standard InChI is InChI=1S/C11H7F3O2/c1-6-7-4-2-3-5-8(7)16-9(6)10(15)11(12,13)14/h2-5H,1H3. The smallest absolute Gasteiger partial charge is 0.452 e. The van der Waals surface area contributed by atoms with Crippen molar-refractivity contribution >= 4 is 16.8 Å². The average molecular weight is 228 g/mol. The first-order valence-corrected chi connectivity index (χ1v) is 4.51. The molecule has 1 aromatic carbocycles. The van der Waals surface area contributed by atoms with Crippen LogP contribution in [-0.2, 0) is 0 Å². The Morgan fingerprint density at radius 2 is 1.88 bits per heavy atom. The Hall–Kier alpha value is -1.78. The van der Waals surface area contributed by atoms with Crippen molar-refractivity contribution < 1.29 is 22.4 Å². The predicted octanol–water partition coefficient (Wildman–Crippen LogP) is 3.49. The molecule has 0 bridgehead atoms. The Bertz CT molecular complexity index is 552. The first kappa shape index (κ1) is 10.7. The van der Waals surface area contributed by atoms with Crippen molar-refractivity contribution in [3.8, 4) is 0 Å². The molecule has 2 aromatic rings. The third kappa shape index (κ3) is 1.58. The van der Waals surface area contributed by atoms with Crippen LogP contribution in [0.1, 0.15) is 16.1 Å². The maximum atomic E-state index is 12.2. The van der Waals surface area contributed by atoms with Crippen molar-refractivity contribution in [3.05, 3.63) is 35.6 Å². The highest BCUT2D eigenvalue weighted by Crippen LogP contribution is 2.30. The summed E-state index contributed by atoms with van der Waals surface area (Å²) in [5.41, 5.74) is 0.505. The van der Waals surface area contributed by atoms with Crippen molar-refractivity contribution in [2.24, 2.45) is 0 Å². The number of alkyl halides is 3. The van der Waals surface area contributed by atoms with E-state index in [0.717, 1.165) is 0 Å². The zero-order valence-electron chi connectivity index (χ0n) is 8.26. The second-order valence-corrected chi connectivity index (χ2v) is 3.38. The number of furan rings is 1. The summed E-state index contributed by atoms with van der Waals surface area (Å²) in [7, 11) is 0. The molecule has 0 aliphatic carbocycles. The molecule has 0 aliphatic heterocycles. The number of hydrogen-bond acceptors (Lipinski definition) is 2. The molecule has 1 heterocycles. The van der Waals surface area contributed by atoms with Crippen LogP contribution in [0.3, 0.4) is 0 Å². The van der Waals surface area contributed by atoms with E-state index in [9.17, 15) is 18.0 Å². The molecule has 0 N–H and O–H groups in total. The van der Waals surface area contributed by atoms with E-state index in [2.05, 4.69) is 0 Å². The van der Waals surface area contributed by atoms with E-state index >= 15 is 0 Å². The predicted molar refractivity (Wildman–Crippen MR) is 51.3 cm³/mol. The molecule has 0 saturated heterocycles. The number of para-hydroxylation sites is 1. The van der Waals surface area contributed by atoms with Crippen molar-refractivity contribution in [1.29, 1.82) is 0 Å². The summed E-state index contributed by atoms with van der Waals surface area (Å²) in [4.78, 5) is 11.0. The molecule has 2 rings (SSSR count). The van der Waals surface area contributed by atoms with Crippen LogP contribution in [0.15, 0.2) is 28.7 Å². The zero-order valence-corrected chi connectivity index (χ0v) is 8.26. The molecule has 84 valence electrons. The average Bonchev–Trinajstić information content (AvgIpc) is 2.54. The minimum Gasteiger partial charge on any atom is -0.452 e. The highest BCUT2D eigenvalue weighted by atomic mass is 19.4. The Morgan fingerprint density at radius 1 is 1.25 bits per heavy atom. The second-order valence-electron chi connectivity index (χ2n) is 3.38. The number of aryl methyl sites for hydroxylation is 1. The van der Waals surface area contributed by atoms with Crippen LogP contribution in [0, 0.1) is 6.92 Å². The number of hydrogen-bond donors (Lipinski definition) is 0. The van der Waals surface area contributed by atoms with Gasteiger partial charge in [0.25, 0.3) is 0 Å². The number of carbonyl (C=O) groups is 1. The molecule has 0 amide bonds. The van der Waals surface area contributed by atoms with Gasteiger partial charge in [0.2, 0.25) is 0 Å². The van der Waals surface area contributed by atoms with E-state index < -0.39 is 17.7 Å². The SMILES string of the molecule is Cc1c(C(=O)C(F)(F)F)oc2ccccc12. The van der Waals surface area contributed by atoms with Gasteiger partial charge >= 0.3 is 12.0 Å². The normalized spacial score (nSPS) is 12.0. The summed E-state index contributed by atoms with van der Waals surface area (Å²) < 4.78 is 41.6. The third-order valence-electron chi connectivity index (χ3n) is 2.31. The molecule has 0 atom stereocenters. The third-order valence-corrected chi connectivity index (χ3v) is 2.31. The van der Waals surface area contributed by atoms with Gasteiger partial charge in [-0.25, -0.2) is 0 Å². The molecule has 0 unspecified atom stereocenters. The molecule has 0 fully saturated rings. The van der Waals surface area contributed by atoms with Crippen LogP contribution < -0.4 is 0 Å². The van der Waals surface area contributed by atoms with Gasteiger partial charge in [0.1, 0.15) is 5.58 Å². The summed E-state index contributed by atoms with van der Waals surface area (Å²) in [6.07, 6.45) is -4.90. The molecule has 0 aliphatic rings. The van der Waals surface area contributed by atoms with E-state index in [1.807, 2.05) is 0 Å². The van der Waals surface area contributed by atoms with Crippen molar-refractivity contribution in [2.75, 3.05) is 0 Å². The summed E-state index contributed by atoms with van der Waals surface area (Å²) in [5.74, 6) is -2.57. The Labute approximate surface area is 88.7 Å². The highest BCUT2D eigenvalue weighted by molar-refractivity contribution is 6.03. The molecule has 0 radical (unpaired) electrons. The molecule has 0 saturated carbocycles. The summed E-state index contributed by atoms with van der Waals surface area (Å²) >= 11 is 0. The topological polar surface area (TPSA) is 30.2 Å². The Kier molecular flexibility index (Phi) is 2.26. The second kappa shape index (κ2) is 3.37. The van der Waals surface area contributed by atoms with Gasteiger partial charge < -0.3 is 4.42 Å². The molecular formula is C11H7F3O2. The van der Waals surface area contributed by atoms with Gasteiger partial charge in [-0.1, -0.05) is 18.2 Å². The largest absolute Gasteiger partial charge is 0.458 e. The minimum absolute atomic E-state index is 0.220. The van der Waals surface area contributed by atoms with E-state index in [0.29, 0.717) is 5.39 Å². The Balaban J connectivity index is 2.63. The number of carbonyl (C=O) groups excluding carboxylic acids is 1. The monoisotopic (exact) mass is 228 g/mol. The number of halogens is 3. The van der Waals surface area contributed by atoms with Gasteiger partial charge in [-0.15, -0.1) is 0 Å². The van der Waals surface area contributed by atoms with Gasteiger partial charge in [-0.2, -0.15) is 13.2 Å². The molecule has 0 spiro atoms. The number of Topliss-reactive ketones (excluding diaryl/α,β-unsaturated/α-hetero) is 1. The van der Waals surface area contributed by atoms with Crippen LogP contribution in [0.4, 0.5) is 13.2 Å². The Morgan fingerprint density at radius 3 is 2.44 bits per heavy atom. The van der Waals surface area contributed by atoms with Crippen LogP contribution in [-0.4, -0.2) is 12.0 Å². The lowest BCUT2D eigenvalue weighted by Gasteiger charge is -2.02. The van der Waals surface area contributed by atoms with Gasteiger partial charge in [0, 0.05) is 10.9 Å². The van der Waals surface area contributed by atoms with E-state index in [-0.39, 0.29) is 11.1 Å². The summed E-state index contributed by atoms with van der Waals surface area (Å²) in [5, 5.41) is 0.523.